The van der Waals surface area contributed by atoms with E-state index in [0.29, 0.717) is 6.42 Å². The van der Waals surface area contributed by atoms with E-state index in [9.17, 15) is 0 Å². The second-order valence-electron chi connectivity index (χ2n) is 6.30. The van der Waals surface area contributed by atoms with E-state index >= 15 is 0 Å². The Morgan fingerprint density at radius 3 is 1.62 bits per heavy atom. The van der Waals surface area contributed by atoms with Crippen LogP contribution >= 0.6 is 0 Å². The summed E-state index contributed by atoms with van der Waals surface area (Å²) < 4.78 is 29.9. The van der Waals surface area contributed by atoms with E-state index < -0.39 is 21.9 Å². The smallest absolute Gasteiger partial charge is 0.379 e. The molecule has 0 unspecified atom stereocenters. The van der Waals surface area contributed by atoms with Crippen molar-refractivity contribution in [2.75, 3.05) is 28.4 Å². The van der Waals surface area contributed by atoms with Crippen LogP contribution in [0.1, 0.15) is 6.42 Å². The lowest BCUT2D eigenvalue weighted by Gasteiger charge is -2.51. The maximum atomic E-state index is 6.49. The summed E-state index contributed by atoms with van der Waals surface area (Å²) in [6.07, 6.45) is 0.609. The maximum absolute atomic E-state index is 6.49. The average molecular weight is 391 g/mol. The molecule has 0 saturated carbocycles. The number of rotatable bonds is 6. The maximum Gasteiger partial charge on any atom is 0.484 e. The SMILES string of the molecule is COC1(OC)CC[Si](c2ccccc2)(c2ccccc2)[Si](OC)(OC)O1. The van der Waals surface area contributed by atoms with E-state index in [1.165, 1.54) is 10.4 Å². The Morgan fingerprint density at radius 2 is 1.23 bits per heavy atom. The van der Waals surface area contributed by atoms with Gasteiger partial charge in [0.25, 0.3) is 5.97 Å². The average Bonchev–Trinajstić information content (AvgIpc) is 2.74. The molecule has 3 rings (SSSR count). The molecule has 7 heteroatoms. The highest BCUT2D eigenvalue weighted by Crippen LogP contribution is 2.40. The minimum Gasteiger partial charge on any atom is -0.379 e. The first-order valence-corrected chi connectivity index (χ1v) is 13.6. The van der Waals surface area contributed by atoms with Crippen molar-refractivity contribution in [3.8, 4) is 0 Å². The van der Waals surface area contributed by atoms with Gasteiger partial charge < -0.3 is 22.8 Å². The summed E-state index contributed by atoms with van der Waals surface area (Å²) in [7, 11) is 0.820. The molecule has 0 N–H and O–H groups in total. The lowest BCUT2D eigenvalue weighted by molar-refractivity contribution is -0.339. The van der Waals surface area contributed by atoms with Crippen LogP contribution < -0.4 is 10.4 Å². The molecule has 0 radical (unpaired) electrons. The Morgan fingerprint density at radius 1 is 0.769 bits per heavy atom. The van der Waals surface area contributed by atoms with Gasteiger partial charge in [0.2, 0.25) is 7.59 Å². The van der Waals surface area contributed by atoms with Gasteiger partial charge in [0.15, 0.2) is 0 Å². The van der Waals surface area contributed by atoms with Gasteiger partial charge in [0.1, 0.15) is 0 Å². The van der Waals surface area contributed by atoms with Gasteiger partial charge in [-0.3, -0.25) is 0 Å². The highest BCUT2D eigenvalue weighted by Gasteiger charge is 2.70. The molecular formula is C19H26O5Si2. The van der Waals surface area contributed by atoms with Crippen LogP contribution in [-0.2, 0) is 22.8 Å². The molecule has 0 aromatic heterocycles. The molecule has 0 aliphatic carbocycles. The van der Waals surface area contributed by atoms with E-state index in [1.54, 1.807) is 28.4 Å². The van der Waals surface area contributed by atoms with E-state index in [-0.39, 0.29) is 0 Å². The van der Waals surface area contributed by atoms with Gasteiger partial charge in [0.05, 0.1) is 0 Å². The van der Waals surface area contributed by atoms with E-state index in [2.05, 4.69) is 48.5 Å². The molecule has 0 spiro atoms. The molecule has 1 fully saturated rings. The van der Waals surface area contributed by atoms with Crippen molar-refractivity contribution in [2.45, 2.75) is 18.4 Å². The Labute approximate surface area is 157 Å². The van der Waals surface area contributed by atoms with Gasteiger partial charge in [-0.05, 0) is 16.4 Å². The molecule has 0 bridgehead atoms. The predicted molar refractivity (Wildman–Crippen MR) is 105 cm³/mol. The van der Waals surface area contributed by atoms with Crippen molar-refractivity contribution in [2.24, 2.45) is 0 Å². The van der Waals surface area contributed by atoms with Crippen LogP contribution in [0.5, 0.6) is 0 Å². The molecule has 2 aromatic carbocycles. The van der Waals surface area contributed by atoms with Gasteiger partial charge in [-0.1, -0.05) is 60.7 Å². The van der Waals surface area contributed by atoms with Crippen LogP contribution in [0, 0.1) is 0 Å². The van der Waals surface area contributed by atoms with E-state index in [0.717, 1.165) is 6.04 Å². The topological polar surface area (TPSA) is 46.2 Å². The minimum atomic E-state index is -3.18. The molecule has 26 heavy (non-hydrogen) atoms. The summed E-state index contributed by atoms with van der Waals surface area (Å²) in [6.45, 7) is 0. The van der Waals surface area contributed by atoms with Crippen LogP contribution in [0.25, 0.3) is 0 Å². The first-order valence-electron chi connectivity index (χ1n) is 8.64. The van der Waals surface area contributed by atoms with Crippen LogP contribution in [0.15, 0.2) is 60.7 Å². The summed E-state index contributed by atoms with van der Waals surface area (Å²) in [4.78, 5) is 0. The zero-order valence-electron chi connectivity index (χ0n) is 15.7. The third-order valence-electron chi connectivity index (χ3n) is 5.31. The summed E-state index contributed by atoms with van der Waals surface area (Å²) in [5.41, 5.74) is 0. The zero-order chi connectivity index (χ0) is 18.7. The van der Waals surface area contributed by atoms with Gasteiger partial charge in [-0.25, -0.2) is 0 Å². The summed E-state index contributed by atoms with van der Waals surface area (Å²) >= 11 is 0. The predicted octanol–water partition coefficient (Wildman–Crippen LogP) is 1.93. The Kier molecular flexibility index (Phi) is 5.78. The monoisotopic (exact) mass is 390 g/mol. The first-order chi connectivity index (χ1) is 12.6. The van der Waals surface area contributed by atoms with Crippen molar-refractivity contribution in [3.63, 3.8) is 0 Å². The first kappa shape index (κ1) is 19.4. The number of methoxy groups -OCH3 is 2. The lowest BCUT2D eigenvalue weighted by Crippen LogP contribution is -2.83. The number of ether oxygens (including phenoxy) is 2. The number of benzene rings is 2. The van der Waals surface area contributed by atoms with E-state index in [1.807, 2.05) is 12.1 Å². The third-order valence-corrected chi connectivity index (χ3v) is 18.8. The van der Waals surface area contributed by atoms with Crippen LogP contribution in [-0.4, -0.2) is 50.3 Å². The molecule has 0 amide bonds. The molecule has 1 aliphatic rings. The Bertz CT molecular complexity index is 663. The third kappa shape index (κ3) is 2.89. The second-order valence-corrected chi connectivity index (χ2v) is 16.3. The van der Waals surface area contributed by atoms with Gasteiger partial charge >= 0.3 is 8.32 Å². The molecule has 0 atom stereocenters. The van der Waals surface area contributed by atoms with Crippen LogP contribution in [0.3, 0.4) is 0 Å². The summed E-state index contributed by atoms with van der Waals surface area (Å²) in [5.74, 6) is -1.14. The van der Waals surface area contributed by atoms with Crippen molar-refractivity contribution in [3.05, 3.63) is 60.7 Å². The standard InChI is InChI=1S/C19H26O5Si2/c1-20-19(21-2)15-16-25(17-11-7-5-8-12-17,18-13-9-6-10-14-18)26(22-3,23-4)24-19/h5-14H,15-16H2,1-4H3. The van der Waals surface area contributed by atoms with Gasteiger partial charge in [-0.2, -0.15) is 0 Å². The fourth-order valence-electron chi connectivity index (χ4n) is 3.98. The van der Waals surface area contributed by atoms with Crippen LogP contribution in [0.2, 0.25) is 6.04 Å². The van der Waals surface area contributed by atoms with Crippen molar-refractivity contribution in [1.29, 1.82) is 0 Å². The largest absolute Gasteiger partial charge is 0.484 e. The highest BCUT2D eigenvalue weighted by atomic mass is 29.3. The highest BCUT2D eigenvalue weighted by molar-refractivity contribution is 7.46. The molecule has 1 saturated heterocycles. The zero-order valence-corrected chi connectivity index (χ0v) is 17.7. The molecule has 2 aromatic rings. The fraction of sp³-hybridized carbons (Fsp3) is 0.368. The van der Waals surface area contributed by atoms with Crippen molar-refractivity contribution < 1.29 is 22.8 Å². The van der Waals surface area contributed by atoms with E-state index in [4.69, 9.17) is 22.8 Å². The quantitative estimate of drug-likeness (QED) is 0.557. The van der Waals surface area contributed by atoms with Crippen molar-refractivity contribution >= 4 is 26.3 Å². The molecular weight excluding hydrogens is 364 g/mol. The lowest BCUT2D eigenvalue weighted by atomic mass is 10.4. The van der Waals surface area contributed by atoms with Crippen LogP contribution in [0.4, 0.5) is 0 Å². The van der Waals surface area contributed by atoms with Gasteiger partial charge in [-0.15, -0.1) is 0 Å². The molecule has 5 nitrogen and oxygen atoms in total. The Balaban J connectivity index is 2.26. The summed E-state index contributed by atoms with van der Waals surface area (Å²) in [5, 5.41) is 2.48. The number of hydrogen-bond acceptors (Lipinski definition) is 5. The fourth-order valence-corrected chi connectivity index (χ4v) is 17.5. The molecule has 1 heterocycles. The number of hydrogen-bond donors (Lipinski definition) is 0. The van der Waals surface area contributed by atoms with Gasteiger partial charge in [0, 0.05) is 34.9 Å². The minimum absolute atomic E-state index is 0.609. The Hall–Kier alpha value is -1.33. The summed E-state index contributed by atoms with van der Waals surface area (Å²) in [6, 6.07) is 21.8. The van der Waals surface area contributed by atoms with Crippen molar-refractivity contribution in [1.82, 2.24) is 0 Å². The molecule has 1 aliphatic heterocycles. The normalized spacial score (nSPS) is 20.6. The second kappa shape index (κ2) is 7.73. The molecule has 140 valence electrons.